The zero-order valence-electron chi connectivity index (χ0n) is 11.9. The highest BCUT2D eigenvalue weighted by Gasteiger charge is 2.39. The lowest BCUT2D eigenvalue weighted by Gasteiger charge is -2.32. The van der Waals surface area contributed by atoms with Gasteiger partial charge in [0.1, 0.15) is 11.3 Å². The van der Waals surface area contributed by atoms with Gasteiger partial charge in [-0.2, -0.15) is 5.10 Å². The second kappa shape index (κ2) is 5.74. The van der Waals surface area contributed by atoms with Gasteiger partial charge in [-0.15, -0.1) is 0 Å². The normalized spacial score (nSPS) is 23.3. The van der Waals surface area contributed by atoms with Crippen LogP contribution in [-0.4, -0.2) is 34.9 Å². The summed E-state index contributed by atoms with van der Waals surface area (Å²) < 4.78 is 12.7. The summed E-state index contributed by atoms with van der Waals surface area (Å²) >= 11 is 0. The maximum Gasteiger partial charge on any atom is 0.216 e. The van der Waals surface area contributed by atoms with Crippen LogP contribution >= 0.6 is 0 Å². The summed E-state index contributed by atoms with van der Waals surface area (Å²) in [6.45, 7) is 5.28. The topological polar surface area (TPSA) is 53.4 Å². The third-order valence-corrected chi connectivity index (χ3v) is 3.63. The number of aryl methyl sites for hydroxylation is 1. The van der Waals surface area contributed by atoms with Gasteiger partial charge in [0, 0.05) is 13.2 Å². The number of Topliss-reactive ketones (excluding diaryl/α,β-unsaturated/α-hetero) is 1. The van der Waals surface area contributed by atoms with Gasteiger partial charge in [-0.3, -0.25) is 9.48 Å². The van der Waals surface area contributed by atoms with Crippen molar-refractivity contribution in [2.24, 2.45) is 0 Å². The van der Waals surface area contributed by atoms with Crippen LogP contribution in [0.15, 0.2) is 6.20 Å². The third-order valence-electron chi connectivity index (χ3n) is 3.63. The molecule has 0 aliphatic carbocycles. The van der Waals surface area contributed by atoms with Crippen molar-refractivity contribution in [3.63, 3.8) is 0 Å². The van der Waals surface area contributed by atoms with Crippen LogP contribution < -0.4 is 4.74 Å². The van der Waals surface area contributed by atoms with Crippen LogP contribution in [0.3, 0.4) is 0 Å². The monoisotopic (exact) mass is 266 g/mol. The molecule has 1 saturated heterocycles. The lowest BCUT2D eigenvalue weighted by Crippen LogP contribution is -2.42. The highest BCUT2D eigenvalue weighted by Crippen LogP contribution is 2.31. The maximum absolute atomic E-state index is 12.8. The van der Waals surface area contributed by atoms with E-state index in [0.29, 0.717) is 24.6 Å². The summed E-state index contributed by atoms with van der Waals surface area (Å²) in [6, 6.07) is 0. The average Bonchev–Trinajstić information content (AvgIpc) is 2.82. The first kappa shape index (κ1) is 14.1. The molecule has 19 heavy (non-hydrogen) atoms. The van der Waals surface area contributed by atoms with Gasteiger partial charge < -0.3 is 9.47 Å². The summed E-state index contributed by atoms with van der Waals surface area (Å²) in [5, 5.41) is 4.24. The van der Waals surface area contributed by atoms with Crippen LogP contribution in [0, 0.1) is 0 Å². The number of hydrogen-bond donors (Lipinski definition) is 0. The number of aromatic nitrogens is 2. The molecule has 2 heterocycles. The lowest BCUT2D eigenvalue weighted by atomic mass is 9.89. The molecule has 0 spiro atoms. The van der Waals surface area contributed by atoms with E-state index in [-0.39, 0.29) is 5.78 Å². The van der Waals surface area contributed by atoms with Crippen molar-refractivity contribution in [2.45, 2.75) is 51.7 Å². The molecule has 0 saturated carbocycles. The smallest absolute Gasteiger partial charge is 0.216 e. The first-order chi connectivity index (χ1) is 9.12. The van der Waals surface area contributed by atoms with E-state index in [1.54, 1.807) is 18.0 Å². The van der Waals surface area contributed by atoms with Gasteiger partial charge in [0.15, 0.2) is 5.75 Å². The molecule has 0 N–H and O–H groups in total. The summed E-state index contributed by atoms with van der Waals surface area (Å²) in [6.07, 6.45) is 5.32. The first-order valence-corrected chi connectivity index (χ1v) is 6.91. The van der Waals surface area contributed by atoms with E-state index in [4.69, 9.17) is 9.47 Å². The highest BCUT2D eigenvalue weighted by molar-refractivity contribution is 6.03. The van der Waals surface area contributed by atoms with Crippen LogP contribution in [0.5, 0.6) is 5.75 Å². The molecule has 0 bridgehead atoms. The SMILES string of the molecule is CCCn1ncc(OC)c1C(=O)C1(C)CCCCO1. The van der Waals surface area contributed by atoms with Crippen molar-refractivity contribution < 1.29 is 14.3 Å². The van der Waals surface area contributed by atoms with Crippen LogP contribution in [0.4, 0.5) is 0 Å². The van der Waals surface area contributed by atoms with Crippen molar-refractivity contribution >= 4 is 5.78 Å². The van der Waals surface area contributed by atoms with E-state index < -0.39 is 5.60 Å². The minimum atomic E-state index is -0.739. The summed E-state index contributed by atoms with van der Waals surface area (Å²) in [5.74, 6) is 0.517. The Bertz CT molecular complexity index is 448. The van der Waals surface area contributed by atoms with Gasteiger partial charge in [-0.1, -0.05) is 6.92 Å². The zero-order valence-corrected chi connectivity index (χ0v) is 11.9. The highest BCUT2D eigenvalue weighted by atomic mass is 16.5. The van der Waals surface area contributed by atoms with Crippen molar-refractivity contribution in [3.05, 3.63) is 11.9 Å². The Kier molecular flexibility index (Phi) is 4.24. The molecular formula is C14H22N2O3. The summed E-state index contributed by atoms with van der Waals surface area (Å²) in [7, 11) is 1.56. The molecule has 1 unspecified atom stereocenters. The Hall–Kier alpha value is -1.36. The molecule has 0 aromatic carbocycles. The molecule has 1 aromatic heterocycles. The fourth-order valence-electron chi connectivity index (χ4n) is 2.49. The van der Waals surface area contributed by atoms with Gasteiger partial charge >= 0.3 is 0 Å². The molecule has 2 rings (SSSR count). The van der Waals surface area contributed by atoms with Gasteiger partial charge in [-0.05, 0) is 32.6 Å². The number of carbonyl (C=O) groups is 1. The second-order valence-electron chi connectivity index (χ2n) is 5.15. The second-order valence-corrected chi connectivity index (χ2v) is 5.15. The van der Waals surface area contributed by atoms with E-state index in [1.165, 1.54) is 0 Å². The maximum atomic E-state index is 12.8. The predicted molar refractivity (Wildman–Crippen MR) is 71.6 cm³/mol. The average molecular weight is 266 g/mol. The number of ether oxygens (including phenoxy) is 2. The largest absolute Gasteiger partial charge is 0.493 e. The van der Waals surface area contributed by atoms with Crippen LogP contribution in [0.2, 0.25) is 0 Å². The van der Waals surface area contributed by atoms with Crippen LogP contribution in [-0.2, 0) is 11.3 Å². The summed E-state index contributed by atoms with van der Waals surface area (Å²) in [4.78, 5) is 12.8. The molecule has 1 aromatic rings. The lowest BCUT2D eigenvalue weighted by molar-refractivity contribution is -0.0433. The van der Waals surface area contributed by atoms with Crippen molar-refractivity contribution in [3.8, 4) is 5.75 Å². The minimum Gasteiger partial charge on any atom is -0.493 e. The molecule has 5 nitrogen and oxygen atoms in total. The number of hydrogen-bond acceptors (Lipinski definition) is 4. The molecule has 106 valence electrons. The van der Waals surface area contributed by atoms with E-state index >= 15 is 0 Å². The number of carbonyl (C=O) groups excluding carboxylic acids is 1. The van der Waals surface area contributed by atoms with Gasteiger partial charge in [0.05, 0.1) is 13.3 Å². The Labute approximate surface area is 113 Å². The van der Waals surface area contributed by atoms with E-state index in [9.17, 15) is 4.79 Å². The Morgan fingerprint density at radius 3 is 2.95 bits per heavy atom. The number of nitrogens with zero attached hydrogens (tertiary/aromatic N) is 2. The molecule has 0 amide bonds. The fourth-order valence-corrected chi connectivity index (χ4v) is 2.49. The standard InChI is InChI=1S/C14H22N2O3/c1-4-8-16-12(11(18-3)10-15-16)13(17)14(2)7-5-6-9-19-14/h10H,4-9H2,1-3H3. The van der Waals surface area contributed by atoms with Crippen molar-refractivity contribution in [2.75, 3.05) is 13.7 Å². The Morgan fingerprint density at radius 2 is 2.37 bits per heavy atom. The molecule has 1 aliphatic rings. The zero-order chi connectivity index (χ0) is 13.9. The Morgan fingerprint density at radius 1 is 1.58 bits per heavy atom. The minimum absolute atomic E-state index is 0.0185. The molecule has 1 aliphatic heterocycles. The van der Waals surface area contributed by atoms with Gasteiger partial charge in [0.2, 0.25) is 5.78 Å². The molecule has 5 heteroatoms. The molecular weight excluding hydrogens is 244 g/mol. The van der Waals surface area contributed by atoms with Gasteiger partial charge in [0.25, 0.3) is 0 Å². The molecule has 1 fully saturated rings. The molecule has 1 atom stereocenters. The van der Waals surface area contributed by atoms with Crippen molar-refractivity contribution in [1.82, 2.24) is 9.78 Å². The van der Waals surface area contributed by atoms with Crippen LogP contribution in [0.25, 0.3) is 0 Å². The number of ketones is 1. The first-order valence-electron chi connectivity index (χ1n) is 6.91. The molecule has 0 radical (unpaired) electrons. The van der Waals surface area contributed by atoms with E-state index in [1.807, 2.05) is 6.92 Å². The van der Waals surface area contributed by atoms with Gasteiger partial charge in [-0.25, -0.2) is 0 Å². The third kappa shape index (κ3) is 2.66. The quantitative estimate of drug-likeness (QED) is 0.768. The van der Waals surface area contributed by atoms with E-state index in [0.717, 1.165) is 25.7 Å². The fraction of sp³-hybridized carbons (Fsp3) is 0.714. The number of rotatable bonds is 5. The predicted octanol–water partition coefficient (Wildman–Crippen LogP) is 2.44. The summed E-state index contributed by atoms with van der Waals surface area (Å²) in [5.41, 5.74) is -0.203. The van der Waals surface area contributed by atoms with Crippen LogP contribution in [0.1, 0.15) is 50.0 Å². The number of methoxy groups -OCH3 is 1. The Balaban J connectivity index is 2.33. The van der Waals surface area contributed by atoms with E-state index in [2.05, 4.69) is 12.0 Å². The van der Waals surface area contributed by atoms with Crippen molar-refractivity contribution in [1.29, 1.82) is 0 Å².